The summed E-state index contributed by atoms with van der Waals surface area (Å²) < 4.78 is 59.0. The molecule has 2 aromatic rings. The number of ether oxygens (including phenoxy) is 3. The number of hydrogen-bond acceptors (Lipinski definition) is 7. The van der Waals surface area contributed by atoms with Crippen molar-refractivity contribution >= 4 is 27.7 Å². The maximum absolute atomic E-state index is 14.9. The van der Waals surface area contributed by atoms with E-state index in [2.05, 4.69) is 31.2 Å². The predicted molar refractivity (Wildman–Crippen MR) is 117 cm³/mol. The van der Waals surface area contributed by atoms with Crippen molar-refractivity contribution in [3.8, 4) is 0 Å². The van der Waals surface area contributed by atoms with Crippen LogP contribution in [0.1, 0.15) is 24.2 Å². The van der Waals surface area contributed by atoms with Crippen LogP contribution in [0.2, 0.25) is 0 Å². The Morgan fingerprint density at radius 1 is 1.18 bits per heavy atom. The monoisotopic (exact) mass is 527 g/mol. The van der Waals surface area contributed by atoms with Crippen LogP contribution in [0.4, 0.5) is 13.2 Å². The molecule has 1 N–H and O–H groups in total. The number of rotatable bonds is 9. The molecule has 1 aromatic carbocycles. The van der Waals surface area contributed by atoms with E-state index in [0.717, 1.165) is 6.20 Å². The van der Waals surface area contributed by atoms with Crippen LogP contribution in [0.5, 0.6) is 0 Å². The summed E-state index contributed by atoms with van der Waals surface area (Å²) in [6.45, 7) is 2.06. The Balaban J connectivity index is 2.14. The van der Waals surface area contributed by atoms with Gasteiger partial charge in [0.1, 0.15) is 23.4 Å². The Morgan fingerprint density at radius 3 is 2.64 bits per heavy atom. The summed E-state index contributed by atoms with van der Waals surface area (Å²) in [5.41, 5.74) is -0.0532. The molecule has 1 aliphatic heterocycles. The molecule has 0 saturated heterocycles. The quantitative estimate of drug-likeness (QED) is 0.394. The Morgan fingerprint density at radius 2 is 1.97 bits per heavy atom. The van der Waals surface area contributed by atoms with Gasteiger partial charge in [-0.05, 0) is 19.1 Å². The van der Waals surface area contributed by atoms with Crippen molar-refractivity contribution in [2.75, 3.05) is 33.5 Å². The molecule has 11 heteroatoms. The van der Waals surface area contributed by atoms with Gasteiger partial charge in [0.15, 0.2) is 11.7 Å². The highest BCUT2D eigenvalue weighted by Crippen LogP contribution is 2.35. The number of benzene rings is 1. The molecule has 0 spiro atoms. The van der Waals surface area contributed by atoms with Crippen LogP contribution in [-0.2, 0) is 19.0 Å². The normalized spacial score (nSPS) is 15.8. The summed E-state index contributed by atoms with van der Waals surface area (Å²) in [4.78, 5) is 21.0. The molecule has 33 heavy (non-hydrogen) atoms. The standard InChI is InChI=1S/C22H21BrF3N3O4/c1-3-33-22(30)18-17(11-32-7-6-31-2)28-21(20-16(26)9-13(24)10-27-20)29-19(18)14-5-4-12(23)8-15(14)25/h4-5,8-10,19H,3,6-7,11H2,1-2H3,(H,28,29). The van der Waals surface area contributed by atoms with Crippen LogP contribution in [0.15, 0.2) is 51.2 Å². The van der Waals surface area contributed by atoms with E-state index in [4.69, 9.17) is 14.2 Å². The summed E-state index contributed by atoms with van der Waals surface area (Å²) in [5, 5.41) is 2.83. The van der Waals surface area contributed by atoms with Crippen LogP contribution in [0.25, 0.3) is 0 Å². The van der Waals surface area contributed by atoms with Crippen LogP contribution in [-0.4, -0.2) is 50.3 Å². The topological polar surface area (TPSA) is 82.0 Å². The first kappa shape index (κ1) is 24.9. The molecular weight excluding hydrogens is 507 g/mol. The van der Waals surface area contributed by atoms with Gasteiger partial charge in [0.25, 0.3) is 0 Å². The Labute approximate surface area is 196 Å². The second-order valence-electron chi connectivity index (χ2n) is 6.81. The first-order valence-electron chi connectivity index (χ1n) is 9.93. The molecule has 1 aliphatic rings. The second-order valence-corrected chi connectivity index (χ2v) is 7.73. The highest BCUT2D eigenvalue weighted by Gasteiger charge is 2.34. The number of nitrogens with one attached hydrogen (secondary N) is 1. The van der Waals surface area contributed by atoms with Crippen LogP contribution >= 0.6 is 15.9 Å². The summed E-state index contributed by atoms with van der Waals surface area (Å²) in [5.74, 6) is -3.34. The molecule has 0 saturated carbocycles. The number of carbonyl (C=O) groups is 1. The number of nitrogens with zero attached hydrogens (tertiary/aromatic N) is 2. The zero-order valence-corrected chi connectivity index (χ0v) is 19.4. The van der Waals surface area contributed by atoms with Gasteiger partial charge in [-0.2, -0.15) is 0 Å². The molecule has 0 aliphatic carbocycles. The molecule has 0 bridgehead atoms. The summed E-state index contributed by atoms with van der Waals surface area (Å²) >= 11 is 3.20. The average Bonchev–Trinajstić information content (AvgIpc) is 2.76. The number of carbonyl (C=O) groups excluding carboxylic acids is 1. The van der Waals surface area contributed by atoms with Gasteiger partial charge in [-0.25, -0.2) is 22.9 Å². The third kappa shape index (κ3) is 5.98. The maximum atomic E-state index is 14.9. The molecule has 0 amide bonds. The van der Waals surface area contributed by atoms with Gasteiger partial charge in [0.2, 0.25) is 0 Å². The van der Waals surface area contributed by atoms with Gasteiger partial charge in [-0.3, -0.25) is 4.99 Å². The number of aliphatic imine (C=N–C) groups is 1. The van der Waals surface area contributed by atoms with Crippen molar-refractivity contribution in [3.05, 3.63) is 74.9 Å². The third-order valence-corrected chi connectivity index (χ3v) is 5.08. The molecule has 0 radical (unpaired) electrons. The molecule has 7 nitrogen and oxygen atoms in total. The summed E-state index contributed by atoms with van der Waals surface area (Å²) in [7, 11) is 1.51. The van der Waals surface area contributed by atoms with E-state index in [1.807, 2.05) is 0 Å². The van der Waals surface area contributed by atoms with E-state index in [1.54, 1.807) is 13.0 Å². The highest BCUT2D eigenvalue weighted by molar-refractivity contribution is 9.10. The van der Waals surface area contributed by atoms with Crippen molar-refractivity contribution in [1.82, 2.24) is 10.3 Å². The fourth-order valence-corrected chi connectivity index (χ4v) is 3.47. The Hall–Kier alpha value is -2.76. The lowest BCUT2D eigenvalue weighted by Crippen LogP contribution is -2.37. The van der Waals surface area contributed by atoms with Gasteiger partial charge in [0.05, 0.1) is 43.9 Å². The molecular formula is C22H21BrF3N3O4. The number of pyridine rings is 1. The second kappa shape index (κ2) is 11.4. The summed E-state index contributed by atoms with van der Waals surface area (Å²) in [6, 6.07) is 3.72. The van der Waals surface area contributed by atoms with Gasteiger partial charge < -0.3 is 19.5 Å². The van der Waals surface area contributed by atoms with Crippen LogP contribution in [0.3, 0.4) is 0 Å². The lowest BCUT2D eigenvalue weighted by Gasteiger charge is -2.27. The predicted octanol–water partition coefficient (Wildman–Crippen LogP) is 3.83. The van der Waals surface area contributed by atoms with Gasteiger partial charge in [0, 0.05) is 23.2 Å². The minimum atomic E-state index is -1.19. The van der Waals surface area contributed by atoms with Gasteiger partial charge >= 0.3 is 5.97 Å². The van der Waals surface area contributed by atoms with Crippen molar-refractivity contribution in [1.29, 1.82) is 0 Å². The lowest BCUT2D eigenvalue weighted by molar-refractivity contribution is -0.139. The van der Waals surface area contributed by atoms with E-state index in [0.29, 0.717) is 17.1 Å². The van der Waals surface area contributed by atoms with Gasteiger partial charge in [-0.1, -0.05) is 22.0 Å². The lowest BCUT2D eigenvalue weighted by atomic mass is 9.95. The molecule has 176 valence electrons. The smallest absolute Gasteiger partial charge is 0.338 e. The Bertz CT molecular complexity index is 1090. The number of hydrogen-bond donors (Lipinski definition) is 1. The van der Waals surface area contributed by atoms with Crippen molar-refractivity contribution < 1.29 is 32.2 Å². The SMILES string of the molecule is CCOC(=O)C1=C(COCCOC)NC(c2ncc(F)cc2F)=NC1c1ccc(Br)cc1F. The molecule has 0 fully saturated rings. The van der Waals surface area contributed by atoms with E-state index < -0.39 is 29.5 Å². The van der Waals surface area contributed by atoms with Crippen molar-refractivity contribution in [3.63, 3.8) is 0 Å². The number of methoxy groups -OCH3 is 1. The number of esters is 1. The van der Waals surface area contributed by atoms with E-state index >= 15 is 0 Å². The zero-order chi connectivity index (χ0) is 24.0. The molecule has 3 rings (SSSR count). The molecule has 1 atom stereocenters. The minimum Gasteiger partial charge on any atom is -0.463 e. The zero-order valence-electron chi connectivity index (χ0n) is 17.8. The first-order valence-corrected chi connectivity index (χ1v) is 10.7. The van der Waals surface area contributed by atoms with Gasteiger partial charge in [-0.15, -0.1) is 0 Å². The molecule has 1 aromatic heterocycles. The van der Waals surface area contributed by atoms with Crippen molar-refractivity contribution in [2.45, 2.75) is 13.0 Å². The van der Waals surface area contributed by atoms with Crippen LogP contribution < -0.4 is 5.32 Å². The highest BCUT2D eigenvalue weighted by atomic mass is 79.9. The van der Waals surface area contributed by atoms with E-state index in [9.17, 15) is 18.0 Å². The number of aromatic nitrogens is 1. The van der Waals surface area contributed by atoms with E-state index in [1.165, 1.54) is 19.2 Å². The molecule has 2 heterocycles. The largest absolute Gasteiger partial charge is 0.463 e. The van der Waals surface area contributed by atoms with Crippen molar-refractivity contribution in [2.24, 2.45) is 4.99 Å². The summed E-state index contributed by atoms with van der Waals surface area (Å²) in [6.07, 6.45) is 0.831. The maximum Gasteiger partial charge on any atom is 0.338 e. The minimum absolute atomic E-state index is 0.00163. The average molecular weight is 528 g/mol. The number of amidine groups is 1. The fourth-order valence-electron chi connectivity index (χ4n) is 3.13. The molecule has 1 unspecified atom stereocenters. The Kier molecular flexibility index (Phi) is 8.59. The third-order valence-electron chi connectivity index (χ3n) is 4.59. The first-order chi connectivity index (χ1) is 15.8. The van der Waals surface area contributed by atoms with Crippen LogP contribution in [0, 0.1) is 17.5 Å². The van der Waals surface area contributed by atoms with E-state index in [-0.39, 0.29) is 48.2 Å². The number of halogens is 4. The fraction of sp³-hybridized carbons (Fsp3) is 0.318.